The van der Waals surface area contributed by atoms with E-state index in [1.54, 1.807) is 7.11 Å². The van der Waals surface area contributed by atoms with Crippen molar-refractivity contribution in [3.63, 3.8) is 0 Å². The summed E-state index contributed by atoms with van der Waals surface area (Å²) in [7, 11) is 1.78. The van der Waals surface area contributed by atoms with Crippen molar-refractivity contribution in [1.82, 2.24) is 9.38 Å². The molecule has 0 unspecified atom stereocenters. The average molecular weight is 217 g/mol. The van der Waals surface area contributed by atoms with E-state index in [4.69, 9.17) is 4.74 Å². The van der Waals surface area contributed by atoms with Crippen molar-refractivity contribution in [3.05, 3.63) is 30.6 Å². The molecule has 2 aromatic heterocycles. The topological polar surface area (TPSA) is 38.6 Å². The Hall–Kier alpha value is -1.55. The molecule has 0 saturated heterocycles. The summed E-state index contributed by atoms with van der Waals surface area (Å²) < 4.78 is 7.34. The minimum atomic E-state index is 0.430. The van der Waals surface area contributed by atoms with Crippen molar-refractivity contribution in [2.45, 2.75) is 25.0 Å². The number of fused-ring (bicyclic) bond motifs is 1. The Balaban J connectivity index is 1.77. The Kier molecular flexibility index (Phi) is 2.29. The molecule has 4 nitrogen and oxygen atoms in total. The maximum absolute atomic E-state index is 5.27. The van der Waals surface area contributed by atoms with Crippen LogP contribution in [0.1, 0.15) is 12.8 Å². The number of aromatic nitrogens is 2. The van der Waals surface area contributed by atoms with Crippen LogP contribution in [0.15, 0.2) is 30.6 Å². The molecule has 2 heterocycles. The maximum Gasteiger partial charge on any atom is 0.138 e. The quantitative estimate of drug-likeness (QED) is 0.853. The molecule has 0 atom stereocenters. The Bertz CT molecular complexity index is 488. The van der Waals surface area contributed by atoms with Crippen LogP contribution < -0.4 is 5.32 Å². The van der Waals surface area contributed by atoms with Gasteiger partial charge in [-0.15, -0.1) is 0 Å². The van der Waals surface area contributed by atoms with E-state index in [-0.39, 0.29) is 0 Å². The molecule has 1 fully saturated rings. The molecule has 0 aromatic carbocycles. The Morgan fingerprint density at radius 2 is 2.31 bits per heavy atom. The zero-order chi connectivity index (χ0) is 11.0. The number of hydrogen-bond acceptors (Lipinski definition) is 3. The van der Waals surface area contributed by atoms with Crippen LogP contribution in [0.5, 0.6) is 0 Å². The van der Waals surface area contributed by atoms with E-state index >= 15 is 0 Å². The molecule has 2 aromatic rings. The summed E-state index contributed by atoms with van der Waals surface area (Å²) >= 11 is 0. The number of rotatable bonds is 3. The minimum Gasteiger partial charge on any atom is -0.381 e. The SMILES string of the molecule is COC1CC(Nc2cccc3nccn23)C1. The zero-order valence-electron chi connectivity index (χ0n) is 9.26. The Labute approximate surface area is 94.3 Å². The van der Waals surface area contributed by atoms with E-state index in [2.05, 4.69) is 20.8 Å². The third kappa shape index (κ3) is 1.55. The number of ether oxygens (including phenoxy) is 1. The van der Waals surface area contributed by atoms with Crippen LogP contribution in [-0.4, -0.2) is 28.6 Å². The summed E-state index contributed by atoms with van der Waals surface area (Å²) in [5.74, 6) is 1.11. The van der Waals surface area contributed by atoms with Crippen LogP contribution in [0.3, 0.4) is 0 Å². The molecule has 0 spiro atoms. The van der Waals surface area contributed by atoms with Gasteiger partial charge in [0.2, 0.25) is 0 Å². The van der Waals surface area contributed by atoms with E-state index in [0.717, 1.165) is 24.3 Å². The van der Waals surface area contributed by atoms with Crippen molar-refractivity contribution in [2.75, 3.05) is 12.4 Å². The summed E-state index contributed by atoms with van der Waals surface area (Å²) in [6.07, 6.45) is 6.39. The number of anilines is 1. The lowest BCUT2D eigenvalue weighted by atomic mass is 9.89. The van der Waals surface area contributed by atoms with Crippen molar-refractivity contribution >= 4 is 11.5 Å². The molecule has 0 amide bonds. The molecule has 4 heteroatoms. The molecule has 0 aliphatic heterocycles. The standard InChI is InChI=1S/C12H15N3O/c1-16-10-7-9(8-10)14-12-4-2-3-11-13-5-6-15(11)12/h2-6,9-10,14H,7-8H2,1H3. The van der Waals surface area contributed by atoms with E-state index < -0.39 is 0 Å². The van der Waals surface area contributed by atoms with Crippen LogP contribution >= 0.6 is 0 Å². The van der Waals surface area contributed by atoms with Crippen LogP contribution in [0, 0.1) is 0 Å². The minimum absolute atomic E-state index is 0.430. The number of hydrogen-bond donors (Lipinski definition) is 1. The fourth-order valence-electron chi connectivity index (χ4n) is 2.15. The van der Waals surface area contributed by atoms with Gasteiger partial charge in [0.1, 0.15) is 11.5 Å². The van der Waals surface area contributed by atoms with Crippen LogP contribution in [0.25, 0.3) is 5.65 Å². The Morgan fingerprint density at radius 1 is 1.44 bits per heavy atom. The van der Waals surface area contributed by atoms with Gasteiger partial charge in [-0.3, -0.25) is 4.40 Å². The number of nitrogens with one attached hydrogen (secondary N) is 1. The highest BCUT2D eigenvalue weighted by molar-refractivity contribution is 5.50. The number of methoxy groups -OCH3 is 1. The van der Waals surface area contributed by atoms with Gasteiger partial charge < -0.3 is 10.1 Å². The maximum atomic E-state index is 5.27. The van der Waals surface area contributed by atoms with Gasteiger partial charge in [-0.05, 0) is 25.0 Å². The lowest BCUT2D eigenvalue weighted by Crippen LogP contribution is -2.40. The molecule has 16 heavy (non-hydrogen) atoms. The van der Waals surface area contributed by atoms with Crippen LogP contribution in [0.4, 0.5) is 5.82 Å². The van der Waals surface area contributed by atoms with Gasteiger partial charge >= 0.3 is 0 Å². The largest absolute Gasteiger partial charge is 0.381 e. The van der Waals surface area contributed by atoms with Gasteiger partial charge in [0.05, 0.1) is 6.10 Å². The monoisotopic (exact) mass is 217 g/mol. The zero-order valence-corrected chi connectivity index (χ0v) is 9.26. The van der Waals surface area contributed by atoms with Crippen molar-refractivity contribution in [2.24, 2.45) is 0 Å². The lowest BCUT2D eigenvalue weighted by molar-refractivity contribution is 0.0327. The van der Waals surface area contributed by atoms with E-state index in [1.165, 1.54) is 0 Å². The summed E-state index contributed by atoms with van der Waals surface area (Å²) in [4.78, 5) is 4.26. The third-order valence-electron chi connectivity index (χ3n) is 3.21. The number of nitrogens with zero attached hydrogens (tertiary/aromatic N) is 2. The Morgan fingerprint density at radius 3 is 3.12 bits per heavy atom. The number of pyridine rings is 1. The smallest absolute Gasteiger partial charge is 0.138 e. The summed E-state index contributed by atoms with van der Waals surface area (Å²) in [6, 6.07) is 6.63. The molecular formula is C12H15N3O. The molecular weight excluding hydrogens is 202 g/mol. The van der Waals surface area contributed by atoms with Crippen LogP contribution in [0.2, 0.25) is 0 Å². The van der Waals surface area contributed by atoms with Gasteiger partial charge in [0.15, 0.2) is 0 Å². The second-order valence-electron chi connectivity index (χ2n) is 4.24. The first-order valence-corrected chi connectivity index (χ1v) is 5.58. The molecule has 3 rings (SSSR count). The first-order chi connectivity index (χ1) is 7.86. The molecule has 1 aliphatic rings. The molecule has 1 saturated carbocycles. The van der Waals surface area contributed by atoms with Crippen molar-refractivity contribution in [1.29, 1.82) is 0 Å². The summed E-state index contributed by atoms with van der Waals surface area (Å²) in [5, 5.41) is 3.51. The molecule has 0 radical (unpaired) electrons. The predicted octanol–water partition coefficient (Wildman–Crippen LogP) is 1.92. The van der Waals surface area contributed by atoms with E-state index in [9.17, 15) is 0 Å². The first kappa shape index (κ1) is 9.66. The predicted molar refractivity (Wildman–Crippen MR) is 62.6 cm³/mol. The second kappa shape index (κ2) is 3.79. The van der Waals surface area contributed by atoms with E-state index in [0.29, 0.717) is 12.1 Å². The van der Waals surface area contributed by atoms with Gasteiger partial charge in [-0.25, -0.2) is 4.98 Å². The van der Waals surface area contributed by atoms with Gasteiger partial charge in [-0.1, -0.05) is 6.07 Å². The van der Waals surface area contributed by atoms with Gasteiger partial charge in [0, 0.05) is 25.5 Å². The molecule has 0 bridgehead atoms. The van der Waals surface area contributed by atoms with Gasteiger partial charge in [-0.2, -0.15) is 0 Å². The molecule has 1 aliphatic carbocycles. The molecule has 1 N–H and O–H groups in total. The first-order valence-electron chi connectivity index (χ1n) is 5.58. The lowest BCUT2D eigenvalue weighted by Gasteiger charge is -2.35. The fourth-order valence-corrected chi connectivity index (χ4v) is 2.15. The highest BCUT2D eigenvalue weighted by Crippen LogP contribution is 2.26. The highest BCUT2D eigenvalue weighted by Gasteiger charge is 2.29. The van der Waals surface area contributed by atoms with Crippen molar-refractivity contribution in [3.8, 4) is 0 Å². The fraction of sp³-hybridized carbons (Fsp3) is 0.417. The second-order valence-corrected chi connectivity index (χ2v) is 4.24. The van der Waals surface area contributed by atoms with Crippen molar-refractivity contribution < 1.29 is 4.74 Å². The third-order valence-corrected chi connectivity index (χ3v) is 3.21. The normalized spacial score (nSPS) is 24.3. The highest BCUT2D eigenvalue weighted by atomic mass is 16.5. The summed E-state index contributed by atoms with van der Waals surface area (Å²) in [6.45, 7) is 0. The molecule has 84 valence electrons. The van der Waals surface area contributed by atoms with E-state index in [1.807, 2.05) is 24.5 Å². The summed E-state index contributed by atoms with van der Waals surface area (Å²) in [5.41, 5.74) is 0.979. The average Bonchev–Trinajstić information content (AvgIpc) is 2.71. The van der Waals surface area contributed by atoms with Gasteiger partial charge in [0.25, 0.3) is 0 Å². The number of imidazole rings is 1. The van der Waals surface area contributed by atoms with Crippen LogP contribution in [-0.2, 0) is 4.74 Å².